The van der Waals surface area contributed by atoms with Crippen LogP contribution >= 0.6 is 0 Å². The highest BCUT2D eigenvalue weighted by Gasteiger charge is 2.52. The van der Waals surface area contributed by atoms with Crippen LogP contribution in [0.1, 0.15) is 76.0 Å². The van der Waals surface area contributed by atoms with Gasteiger partial charge in [-0.25, -0.2) is 0 Å². The zero-order valence-corrected chi connectivity index (χ0v) is 14.2. The van der Waals surface area contributed by atoms with E-state index in [0.717, 1.165) is 32.1 Å². The lowest BCUT2D eigenvalue weighted by Gasteiger charge is -2.56. The molecular formula is C20H27O2-. The van der Waals surface area contributed by atoms with Crippen LogP contribution < -0.4 is 5.11 Å². The average Bonchev–Trinajstić information content (AvgIpc) is 2.46. The van der Waals surface area contributed by atoms with E-state index in [-0.39, 0.29) is 11.3 Å². The molecule has 1 aromatic carbocycles. The van der Waals surface area contributed by atoms with Crippen molar-refractivity contribution in [3.05, 3.63) is 34.9 Å². The molecule has 0 N–H and O–H groups in total. The second-order valence-electron chi connectivity index (χ2n) is 8.14. The molecule has 2 heteroatoms. The molecule has 1 saturated carbocycles. The Morgan fingerprint density at radius 2 is 2.00 bits per heavy atom. The number of aryl methyl sites for hydroxylation is 1. The maximum Gasteiger partial charge on any atom is 0.0476 e. The summed E-state index contributed by atoms with van der Waals surface area (Å²) >= 11 is 0. The highest BCUT2D eigenvalue weighted by Crippen LogP contribution is 2.57. The molecule has 120 valence electrons. The van der Waals surface area contributed by atoms with Crippen LogP contribution in [0, 0.1) is 11.3 Å². The number of fused-ring (bicyclic) bond motifs is 3. The first-order valence-electron chi connectivity index (χ1n) is 8.64. The summed E-state index contributed by atoms with van der Waals surface area (Å²) in [5.74, 6) is -0.127. The second-order valence-corrected chi connectivity index (χ2v) is 8.14. The highest BCUT2D eigenvalue weighted by molar-refractivity contribution is 5.73. The lowest BCUT2D eigenvalue weighted by atomic mass is 9.50. The molecule has 0 bridgehead atoms. The number of rotatable bonds is 2. The van der Waals surface area contributed by atoms with Crippen molar-refractivity contribution in [2.45, 2.75) is 71.1 Å². The Morgan fingerprint density at radius 1 is 1.27 bits per heavy atom. The minimum Gasteiger partial charge on any atom is -0.550 e. The largest absolute Gasteiger partial charge is 0.550 e. The third-order valence-electron chi connectivity index (χ3n) is 6.51. The van der Waals surface area contributed by atoms with Crippen LogP contribution in [0.3, 0.4) is 0 Å². The van der Waals surface area contributed by atoms with E-state index in [4.69, 9.17) is 0 Å². The summed E-state index contributed by atoms with van der Waals surface area (Å²) < 4.78 is 0. The van der Waals surface area contributed by atoms with Gasteiger partial charge in [-0.2, -0.15) is 0 Å². The van der Waals surface area contributed by atoms with E-state index in [1.165, 1.54) is 16.7 Å². The maximum absolute atomic E-state index is 11.8. The number of carboxylic acid groups (broad SMARTS) is 1. The third kappa shape index (κ3) is 2.11. The van der Waals surface area contributed by atoms with Crippen LogP contribution in [-0.2, 0) is 16.6 Å². The zero-order chi connectivity index (χ0) is 16.1. The Bertz CT molecular complexity index is 604. The fourth-order valence-electron chi connectivity index (χ4n) is 5.11. The number of aliphatic carboxylic acids is 1. The summed E-state index contributed by atoms with van der Waals surface area (Å²) in [7, 11) is 0. The number of carbonyl (C=O) groups is 1. The third-order valence-corrected chi connectivity index (χ3v) is 6.51. The van der Waals surface area contributed by atoms with Gasteiger partial charge in [0.15, 0.2) is 0 Å². The predicted molar refractivity (Wildman–Crippen MR) is 86.7 cm³/mol. The molecule has 0 heterocycles. The molecule has 1 aromatic rings. The quantitative estimate of drug-likeness (QED) is 0.837. The molecular weight excluding hydrogens is 272 g/mol. The average molecular weight is 299 g/mol. The molecule has 0 aliphatic heterocycles. The van der Waals surface area contributed by atoms with Crippen LogP contribution in [-0.4, -0.2) is 5.97 Å². The van der Waals surface area contributed by atoms with Crippen molar-refractivity contribution in [2.75, 3.05) is 0 Å². The molecule has 0 aromatic heterocycles. The number of carbonyl (C=O) groups excluding carboxylic acids is 1. The Hall–Kier alpha value is -1.31. The molecule has 0 amide bonds. The lowest BCUT2D eigenvalue weighted by molar-refractivity contribution is -0.324. The van der Waals surface area contributed by atoms with Gasteiger partial charge in [0, 0.05) is 11.4 Å². The molecule has 2 aliphatic carbocycles. The molecule has 0 radical (unpaired) electrons. The topological polar surface area (TPSA) is 40.1 Å². The summed E-state index contributed by atoms with van der Waals surface area (Å²) in [5.41, 5.74) is 3.52. The molecule has 2 aliphatic rings. The Morgan fingerprint density at radius 3 is 2.64 bits per heavy atom. The van der Waals surface area contributed by atoms with E-state index >= 15 is 0 Å². The van der Waals surface area contributed by atoms with Gasteiger partial charge in [0.05, 0.1) is 0 Å². The summed E-state index contributed by atoms with van der Waals surface area (Å²) in [6.45, 7) is 8.65. The summed E-state index contributed by atoms with van der Waals surface area (Å²) in [5, 5.41) is 11.8. The van der Waals surface area contributed by atoms with Crippen LogP contribution in [0.15, 0.2) is 18.2 Å². The van der Waals surface area contributed by atoms with Gasteiger partial charge >= 0.3 is 0 Å². The van der Waals surface area contributed by atoms with Gasteiger partial charge in [-0.3, -0.25) is 0 Å². The minimum absolute atomic E-state index is 0.0177. The maximum atomic E-state index is 11.8. The van der Waals surface area contributed by atoms with Crippen LogP contribution in [0.25, 0.3) is 0 Å². The molecule has 1 unspecified atom stereocenters. The van der Waals surface area contributed by atoms with Gasteiger partial charge in [0.2, 0.25) is 0 Å². The van der Waals surface area contributed by atoms with E-state index in [1.54, 1.807) is 0 Å². The van der Waals surface area contributed by atoms with E-state index in [1.807, 2.05) is 6.92 Å². The first kappa shape index (κ1) is 15.6. The molecule has 2 nitrogen and oxygen atoms in total. The minimum atomic E-state index is -0.856. The van der Waals surface area contributed by atoms with Crippen LogP contribution in [0.5, 0.6) is 0 Å². The number of hydrogen-bond donors (Lipinski definition) is 0. The van der Waals surface area contributed by atoms with E-state index in [0.29, 0.717) is 5.92 Å². The van der Waals surface area contributed by atoms with Gasteiger partial charge < -0.3 is 9.90 Å². The van der Waals surface area contributed by atoms with Gasteiger partial charge in [-0.15, -0.1) is 0 Å². The van der Waals surface area contributed by atoms with Gasteiger partial charge in [-0.1, -0.05) is 52.3 Å². The molecule has 3 rings (SSSR count). The molecule has 0 spiro atoms. The SMILES string of the molecule is CC(C)c1ccc2c(c1)CCC1[C@](C)(C(=O)[O-])CCC[C@]21C. The van der Waals surface area contributed by atoms with E-state index < -0.39 is 11.4 Å². The standard InChI is InChI=1S/C20H28O2/c1-13(2)14-6-8-16-15(12-14)7-9-17-19(16,3)10-5-11-20(17,4)18(21)22/h6,8,12-13,17H,5,7,9-11H2,1-4H3,(H,21,22)/p-1/t17?,19-,20-/m1/s1. The fraction of sp³-hybridized carbons (Fsp3) is 0.650. The number of carboxylic acids is 1. The van der Waals surface area contributed by atoms with Crippen molar-refractivity contribution in [1.29, 1.82) is 0 Å². The van der Waals surface area contributed by atoms with Crippen molar-refractivity contribution < 1.29 is 9.90 Å². The molecule has 0 saturated heterocycles. The number of hydrogen-bond acceptors (Lipinski definition) is 2. The van der Waals surface area contributed by atoms with Gasteiger partial charge in [0.25, 0.3) is 0 Å². The monoisotopic (exact) mass is 299 g/mol. The summed E-state index contributed by atoms with van der Waals surface area (Å²) in [6.07, 6.45) is 4.79. The highest BCUT2D eigenvalue weighted by atomic mass is 16.4. The Balaban J connectivity index is 2.08. The van der Waals surface area contributed by atoms with E-state index in [9.17, 15) is 9.90 Å². The van der Waals surface area contributed by atoms with Crippen molar-refractivity contribution in [2.24, 2.45) is 11.3 Å². The van der Waals surface area contributed by atoms with Crippen LogP contribution in [0.4, 0.5) is 0 Å². The van der Waals surface area contributed by atoms with Crippen LogP contribution in [0.2, 0.25) is 0 Å². The van der Waals surface area contributed by atoms with Crippen molar-refractivity contribution in [3.63, 3.8) is 0 Å². The normalized spacial score (nSPS) is 34.1. The second kappa shape index (κ2) is 5.11. The van der Waals surface area contributed by atoms with Gasteiger partial charge in [0.1, 0.15) is 0 Å². The smallest absolute Gasteiger partial charge is 0.0476 e. The van der Waals surface area contributed by atoms with Crippen molar-refractivity contribution in [3.8, 4) is 0 Å². The molecule has 1 fully saturated rings. The van der Waals surface area contributed by atoms with Crippen molar-refractivity contribution >= 4 is 5.97 Å². The number of benzene rings is 1. The first-order chi connectivity index (χ1) is 10.3. The lowest BCUT2D eigenvalue weighted by Crippen LogP contribution is -2.56. The summed E-state index contributed by atoms with van der Waals surface area (Å²) in [6, 6.07) is 6.87. The Kier molecular flexibility index (Phi) is 3.62. The predicted octanol–water partition coefficient (Wildman–Crippen LogP) is 3.57. The van der Waals surface area contributed by atoms with Gasteiger partial charge in [-0.05, 0) is 59.6 Å². The van der Waals surface area contributed by atoms with Crippen molar-refractivity contribution in [1.82, 2.24) is 0 Å². The molecule has 22 heavy (non-hydrogen) atoms. The van der Waals surface area contributed by atoms with E-state index in [2.05, 4.69) is 39.0 Å². The fourth-order valence-corrected chi connectivity index (χ4v) is 5.11. The Labute approximate surface area is 133 Å². The first-order valence-corrected chi connectivity index (χ1v) is 8.64. The summed E-state index contributed by atoms with van der Waals surface area (Å²) in [4.78, 5) is 11.8. The molecule has 3 atom stereocenters. The zero-order valence-electron chi connectivity index (χ0n) is 14.2.